The second-order valence-corrected chi connectivity index (χ2v) is 19.3. The Balaban J connectivity index is 0. The van der Waals surface area contributed by atoms with Gasteiger partial charge in [0, 0.05) is 260 Å². The molecule has 18 heteroatoms. The number of terminal acetylenes is 1. The third kappa shape index (κ3) is 30.3. The Hall–Kier alpha value is -3.21. The average Bonchev–Trinajstić information content (AvgIpc) is 3.51. The number of hydrogen-bond acceptors (Lipinski definition) is 9. The predicted octanol–water partition coefficient (Wildman–Crippen LogP) is 6.67. The van der Waals surface area contributed by atoms with Gasteiger partial charge in [-0.15, -0.1) is 12.3 Å². The van der Waals surface area contributed by atoms with Crippen molar-refractivity contribution in [2.75, 3.05) is 118 Å². The Labute approximate surface area is 577 Å². The van der Waals surface area contributed by atoms with Crippen LogP contribution in [0.25, 0.3) is 0 Å². The van der Waals surface area contributed by atoms with Crippen LogP contribution in [0.4, 0.5) is 0 Å². The van der Waals surface area contributed by atoms with Crippen LogP contribution in [0.1, 0.15) is 105 Å². The first-order valence-corrected chi connectivity index (χ1v) is 29.1. The summed E-state index contributed by atoms with van der Waals surface area (Å²) in [6.45, 7) is 28.8. The van der Waals surface area contributed by atoms with Crippen LogP contribution in [0.15, 0.2) is 91.0 Å². The molecule has 6 saturated heterocycles. The van der Waals surface area contributed by atoms with E-state index >= 15 is 0 Å². The summed E-state index contributed by atoms with van der Waals surface area (Å²) in [5.41, 5.74) is 3.73. The normalized spacial score (nSPS) is 16.5. The van der Waals surface area contributed by atoms with Crippen molar-refractivity contribution in [1.82, 2.24) is 44.1 Å². The molecule has 0 bridgehead atoms. The summed E-state index contributed by atoms with van der Waals surface area (Å²) >= 11 is 0. The fourth-order valence-electron chi connectivity index (χ4n) is 9.56. The smallest absolute Gasteiger partial charge is 0.234 e. The molecule has 3 aromatic carbocycles. The third-order valence-corrected chi connectivity index (χ3v) is 14.4. The van der Waals surface area contributed by atoms with E-state index in [2.05, 4.69) is 56.7 Å². The number of benzene rings is 3. The van der Waals surface area contributed by atoms with Gasteiger partial charge in [-0.25, -0.2) is 0 Å². The predicted molar refractivity (Wildman–Crippen MR) is 324 cm³/mol. The number of carbonyl (C=O) groups is 3. The monoisotopic (exact) mass is 1370 g/mol. The number of carbonyl (C=O) groups excluding carboxylic acids is 6. The molecule has 0 aromatic heterocycles. The van der Waals surface area contributed by atoms with Crippen LogP contribution in [0.5, 0.6) is 0 Å². The second kappa shape index (κ2) is 49.9. The molecule has 6 aliphatic rings. The van der Waals surface area contributed by atoms with E-state index in [4.69, 9.17) is 6.42 Å². The first kappa shape index (κ1) is 81.9. The summed E-state index contributed by atoms with van der Waals surface area (Å²) in [4.78, 5) is 85.3. The molecule has 0 saturated carbocycles. The number of unbranched alkanes of at least 4 members (excludes halogenated alkanes) is 1. The number of aryl methyl sites for hydroxylation is 1. The van der Waals surface area contributed by atoms with Gasteiger partial charge in [0.15, 0.2) is 0 Å². The minimum absolute atomic E-state index is 0. The minimum atomic E-state index is 0. The van der Waals surface area contributed by atoms with Gasteiger partial charge in [-0.05, 0) is 36.0 Å². The number of nitrogens with zero attached hydrogens (tertiary/aromatic N) is 9. The van der Waals surface area contributed by atoms with Crippen molar-refractivity contribution < 1.29 is 127 Å². The fourth-order valence-corrected chi connectivity index (χ4v) is 9.56. The zero-order valence-electron chi connectivity index (χ0n) is 50.6. The van der Waals surface area contributed by atoms with Gasteiger partial charge in [-0.1, -0.05) is 159 Å². The van der Waals surface area contributed by atoms with E-state index in [9.17, 15) is 28.8 Å². The molecule has 9 rings (SSSR count). The maximum atomic E-state index is 12.2. The van der Waals surface area contributed by atoms with Crippen molar-refractivity contribution in [2.24, 2.45) is 0 Å². The van der Waals surface area contributed by atoms with Crippen molar-refractivity contribution in [1.29, 1.82) is 0 Å². The number of amides is 6. The number of rotatable bonds is 15. The number of hydrogen-bond donors (Lipinski definition) is 0. The molecule has 0 N–H and O–H groups in total. The quantitative estimate of drug-likeness (QED) is 0.0931. The average molecular weight is 1370 g/mol. The molecule has 6 heterocycles. The molecule has 3 aromatic rings. The van der Waals surface area contributed by atoms with Crippen molar-refractivity contribution >= 4 is 37.0 Å². The Kier molecular flexibility index (Phi) is 49.2. The fraction of sp³-hybridized carbons (Fsp3) is 0.569. The minimum Gasteiger partial charge on any atom is -0.520 e. The van der Waals surface area contributed by atoms with Gasteiger partial charge in [-0.2, -0.15) is 19.2 Å². The van der Waals surface area contributed by atoms with Gasteiger partial charge >= 0.3 is 0 Å². The van der Waals surface area contributed by atoms with Gasteiger partial charge in [0.1, 0.15) is 0 Å². The van der Waals surface area contributed by atoms with Crippen LogP contribution in [-0.4, -0.2) is 217 Å². The molecule has 6 fully saturated rings. The Morgan fingerprint density at radius 2 is 0.783 bits per heavy atom. The van der Waals surface area contributed by atoms with Gasteiger partial charge in [0.05, 0.1) is 6.42 Å². The van der Waals surface area contributed by atoms with Crippen LogP contribution in [0, 0.1) is 24.2 Å². The van der Waals surface area contributed by atoms with E-state index < -0.39 is 0 Å². The first-order valence-electron chi connectivity index (χ1n) is 29.1. The van der Waals surface area contributed by atoms with Crippen molar-refractivity contribution in [2.45, 2.75) is 125 Å². The van der Waals surface area contributed by atoms with Crippen molar-refractivity contribution in [3.63, 3.8) is 0 Å². The Morgan fingerprint density at radius 1 is 0.458 bits per heavy atom. The van der Waals surface area contributed by atoms with Crippen molar-refractivity contribution in [3.05, 3.63) is 108 Å². The van der Waals surface area contributed by atoms with Crippen LogP contribution in [0.2, 0.25) is 0 Å². The van der Waals surface area contributed by atoms with Gasteiger partial charge < -0.3 is 43.8 Å². The van der Waals surface area contributed by atoms with E-state index in [0.29, 0.717) is 49.7 Å². The molecule has 0 atom stereocenters. The summed E-state index contributed by atoms with van der Waals surface area (Å²) in [6.07, 6.45) is 17.0. The standard InChI is InChI=1S/C19H26N3O2.C19H22N3O2.C11H18N3O2.C9H8.3C2H6.CH4.3Y/c2*23-16-20-10-12-21(13-11-20)18-14-22(15-18)19(24)9-5-4-8-17-6-2-1-3-7-17;1-2-11(16)14-7-10(8-14)13-5-3-12(9-15)4-6-13;1-2-6-9-7-4-3-5-8-9;3*1-2;;;;/h1-3,6-7,18H,4-5,8-15H2;1-3,6-7,18H,8-15H2;10H,2-8H2,1H3;1,3-5,7-8H,6H2;3*1-2H3;1H4;;;/q3*-1;;;;;;;;. The first-order chi connectivity index (χ1) is 38.7. The SMILES string of the molecule is C.C#CCc1ccccc1.CC.CC.CC.CCC(=O)N1CC(N2CCN([C-]=O)CC2)C1.O=[C-]N1CCN(C2CN(C(=O)CC#CCc3ccccc3)C2)CC1.O=[C-]N1CCN(C2CN(C(=O)CCCCc3ccccc3)C2)CC1.[Y].[Y].[Y]. The molecule has 449 valence electrons. The molecule has 0 aliphatic carbocycles. The van der Waals surface area contributed by atoms with Gasteiger partial charge in [0.2, 0.25) is 17.7 Å². The molecule has 0 unspecified atom stereocenters. The number of piperazine rings is 3. The van der Waals surface area contributed by atoms with E-state index in [1.54, 1.807) is 14.7 Å². The molecule has 15 nitrogen and oxygen atoms in total. The summed E-state index contributed by atoms with van der Waals surface area (Å²) in [7, 11) is 0. The maximum Gasteiger partial charge on any atom is 0.234 e. The molecule has 6 amide bonds. The van der Waals surface area contributed by atoms with Crippen LogP contribution < -0.4 is 0 Å². The third-order valence-electron chi connectivity index (χ3n) is 14.4. The zero-order chi connectivity index (χ0) is 57.6. The van der Waals surface area contributed by atoms with Crippen LogP contribution in [0.3, 0.4) is 0 Å². The largest absolute Gasteiger partial charge is 0.520 e. The second-order valence-electron chi connectivity index (χ2n) is 19.3. The van der Waals surface area contributed by atoms with Crippen molar-refractivity contribution in [3.8, 4) is 24.2 Å². The van der Waals surface area contributed by atoms with Gasteiger partial charge in [0.25, 0.3) is 0 Å². The van der Waals surface area contributed by atoms with E-state index in [0.717, 1.165) is 143 Å². The van der Waals surface area contributed by atoms with E-state index in [1.807, 2.05) is 149 Å². The van der Waals surface area contributed by atoms with Crippen LogP contribution in [-0.2, 0) is 146 Å². The molecule has 6 aliphatic heterocycles. The van der Waals surface area contributed by atoms with Crippen LogP contribution >= 0.6 is 0 Å². The topological polar surface area (TPSA) is 132 Å². The maximum absolute atomic E-state index is 12.2. The zero-order valence-corrected chi connectivity index (χ0v) is 59.1. The van der Waals surface area contributed by atoms with Gasteiger partial charge in [-0.3, -0.25) is 29.1 Å². The Morgan fingerprint density at radius 3 is 1.12 bits per heavy atom. The molecule has 3 radical (unpaired) electrons. The molecular formula is C65H96N9O6Y3-3. The molecular weight excluding hydrogens is 1270 g/mol. The Bertz CT molecular complexity index is 2270. The summed E-state index contributed by atoms with van der Waals surface area (Å²) < 4.78 is 0. The van der Waals surface area contributed by atoms with E-state index in [-0.39, 0.29) is 117 Å². The summed E-state index contributed by atoms with van der Waals surface area (Å²) in [5.74, 6) is 9.30. The summed E-state index contributed by atoms with van der Waals surface area (Å²) in [6, 6.07) is 31.9. The number of likely N-dealkylation sites (tertiary alicyclic amines) is 3. The molecule has 83 heavy (non-hydrogen) atoms. The molecule has 0 spiro atoms. The summed E-state index contributed by atoms with van der Waals surface area (Å²) in [5, 5.41) is 0. The van der Waals surface area contributed by atoms with E-state index in [1.165, 1.54) is 16.7 Å².